The topological polar surface area (TPSA) is 34.1 Å². The molecule has 0 atom stereocenters. The van der Waals surface area contributed by atoms with Gasteiger partial charge in [-0.15, -0.1) is 11.3 Å². The van der Waals surface area contributed by atoms with Crippen LogP contribution in [0.4, 0.5) is 0 Å². The second kappa shape index (κ2) is 7.97. The Morgan fingerprint density at radius 1 is 1.17 bits per heavy atom. The fourth-order valence-electron chi connectivity index (χ4n) is 1.59. The molecule has 4 heteroatoms. The van der Waals surface area contributed by atoms with E-state index in [-0.39, 0.29) is 0 Å². The van der Waals surface area contributed by atoms with E-state index in [1.807, 2.05) is 24.4 Å². The van der Waals surface area contributed by atoms with Crippen LogP contribution in [0, 0.1) is 0 Å². The van der Waals surface area contributed by atoms with Crippen molar-refractivity contribution in [2.45, 2.75) is 13.0 Å². The zero-order valence-electron chi connectivity index (χ0n) is 10.3. The van der Waals surface area contributed by atoms with Crippen LogP contribution < -0.4 is 5.32 Å². The van der Waals surface area contributed by atoms with Gasteiger partial charge < -0.3 is 10.1 Å². The van der Waals surface area contributed by atoms with Gasteiger partial charge in [0.1, 0.15) is 0 Å². The number of hydrogen-bond acceptors (Lipinski definition) is 4. The van der Waals surface area contributed by atoms with Gasteiger partial charge in [-0.2, -0.15) is 0 Å². The molecule has 0 aromatic carbocycles. The highest BCUT2D eigenvalue weighted by Gasteiger charge is 1.95. The Labute approximate surface area is 112 Å². The van der Waals surface area contributed by atoms with E-state index >= 15 is 0 Å². The van der Waals surface area contributed by atoms with Crippen molar-refractivity contribution in [2.24, 2.45) is 0 Å². The normalized spacial score (nSPS) is 10.7. The van der Waals surface area contributed by atoms with Crippen LogP contribution in [0.2, 0.25) is 0 Å². The van der Waals surface area contributed by atoms with Crippen molar-refractivity contribution in [1.29, 1.82) is 0 Å². The molecule has 0 unspecified atom stereocenters. The first-order chi connectivity index (χ1) is 8.95. The van der Waals surface area contributed by atoms with Crippen molar-refractivity contribution in [3.8, 4) is 0 Å². The zero-order valence-corrected chi connectivity index (χ0v) is 11.2. The SMILES string of the molecule is c1ccc(CNCCOCCc2cccs2)nc1. The standard InChI is InChI=1S/C14H18N2OS/c1-2-7-16-13(4-1)12-15-8-10-17-9-6-14-5-3-11-18-14/h1-5,7,11,15H,6,8-10,12H2. The maximum Gasteiger partial charge on any atom is 0.0591 e. The zero-order chi connectivity index (χ0) is 12.5. The number of nitrogens with one attached hydrogen (secondary N) is 1. The van der Waals surface area contributed by atoms with Gasteiger partial charge in [0.2, 0.25) is 0 Å². The average molecular weight is 262 g/mol. The van der Waals surface area contributed by atoms with Gasteiger partial charge in [0.25, 0.3) is 0 Å². The minimum Gasteiger partial charge on any atom is -0.380 e. The molecule has 0 bridgehead atoms. The fourth-order valence-corrected chi connectivity index (χ4v) is 2.28. The van der Waals surface area contributed by atoms with E-state index in [1.165, 1.54) is 4.88 Å². The number of nitrogens with zero attached hydrogens (tertiary/aromatic N) is 1. The fraction of sp³-hybridized carbons (Fsp3) is 0.357. The second-order valence-electron chi connectivity index (χ2n) is 3.94. The Hall–Kier alpha value is -1.23. The van der Waals surface area contributed by atoms with Crippen molar-refractivity contribution >= 4 is 11.3 Å². The largest absolute Gasteiger partial charge is 0.380 e. The van der Waals surface area contributed by atoms with Gasteiger partial charge in [-0.1, -0.05) is 12.1 Å². The molecule has 0 saturated carbocycles. The predicted octanol–water partition coefficient (Wildman–Crippen LogP) is 2.49. The maximum absolute atomic E-state index is 5.57. The van der Waals surface area contributed by atoms with Crippen LogP contribution in [0.15, 0.2) is 41.9 Å². The molecule has 0 fully saturated rings. The molecule has 0 aliphatic carbocycles. The Balaban J connectivity index is 1.47. The first-order valence-corrected chi connectivity index (χ1v) is 7.04. The van der Waals surface area contributed by atoms with Gasteiger partial charge in [0.15, 0.2) is 0 Å². The van der Waals surface area contributed by atoms with Crippen LogP contribution in [0.3, 0.4) is 0 Å². The molecule has 3 nitrogen and oxygen atoms in total. The highest BCUT2D eigenvalue weighted by molar-refractivity contribution is 7.09. The summed E-state index contributed by atoms with van der Waals surface area (Å²) < 4.78 is 5.57. The number of aromatic nitrogens is 1. The highest BCUT2D eigenvalue weighted by Crippen LogP contribution is 2.08. The van der Waals surface area contributed by atoms with E-state index in [9.17, 15) is 0 Å². The van der Waals surface area contributed by atoms with Crippen LogP contribution in [0.5, 0.6) is 0 Å². The van der Waals surface area contributed by atoms with Crippen LogP contribution in [0.1, 0.15) is 10.6 Å². The van der Waals surface area contributed by atoms with Crippen molar-refractivity contribution in [3.05, 3.63) is 52.5 Å². The summed E-state index contributed by atoms with van der Waals surface area (Å²) in [5, 5.41) is 5.41. The molecule has 0 radical (unpaired) electrons. The first-order valence-electron chi connectivity index (χ1n) is 6.16. The van der Waals surface area contributed by atoms with E-state index in [1.54, 1.807) is 11.3 Å². The van der Waals surface area contributed by atoms with Crippen molar-refractivity contribution in [1.82, 2.24) is 10.3 Å². The lowest BCUT2D eigenvalue weighted by Crippen LogP contribution is -2.20. The molecule has 1 N–H and O–H groups in total. The molecule has 0 spiro atoms. The average Bonchev–Trinajstić information content (AvgIpc) is 2.92. The van der Waals surface area contributed by atoms with Crippen LogP contribution in [-0.2, 0) is 17.7 Å². The van der Waals surface area contributed by atoms with E-state index < -0.39 is 0 Å². The molecule has 18 heavy (non-hydrogen) atoms. The number of thiophene rings is 1. The highest BCUT2D eigenvalue weighted by atomic mass is 32.1. The summed E-state index contributed by atoms with van der Waals surface area (Å²) in [6.07, 6.45) is 2.83. The summed E-state index contributed by atoms with van der Waals surface area (Å²) in [7, 11) is 0. The second-order valence-corrected chi connectivity index (χ2v) is 4.97. The summed E-state index contributed by atoms with van der Waals surface area (Å²) in [6.45, 7) is 3.21. The lowest BCUT2D eigenvalue weighted by atomic mass is 10.3. The number of hydrogen-bond donors (Lipinski definition) is 1. The number of rotatable bonds is 8. The van der Waals surface area contributed by atoms with Crippen molar-refractivity contribution in [3.63, 3.8) is 0 Å². The third kappa shape index (κ3) is 4.96. The first kappa shape index (κ1) is 13.2. The van der Waals surface area contributed by atoms with Crippen LogP contribution in [0.25, 0.3) is 0 Å². The molecule has 2 aromatic heterocycles. The molecule has 2 heterocycles. The molecule has 96 valence electrons. The molecule has 2 rings (SSSR count). The molecule has 2 aromatic rings. The third-order valence-corrected chi connectivity index (χ3v) is 3.46. The Kier molecular flexibility index (Phi) is 5.85. The number of pyridine rings is 1. The van der Waals surface area contributed by atoms with E-state index in [4.69, 9.17) is 4.74 Å². The van der Waals surface area contributed by atoms with E-state index in [2.05, 4.69) is 27.8 Å². The molecule has 0 amide bonds. The van der Waals surface area contributed by atoms with Crippen molar-refractivity contribution in [2.75, 3.05) is 19.8 Å². The van der Waals surface area contributed by atoms with Gasteiger partial charge in [-0.25, -0.2) is 0 Å². The maximum atomic E-state index is 5.57. The monoisotopic (exact) mass is 262 g/mol. The molecule has 0 saturated heterocycles. The lowest BCUT2D eigenvalue weighted by Gasteiger charge is -2.05. The Morgan fingerprint density at radius 2 is 2.17 bits per heavy atom. The van der Waals surface area contributed by atoms with Crippen molar-refractivity contribution < 1.29 is 4.74 Å². The summed E-state index contributed by atoms with van der Waals surface area (Å²) in [6, 6.07) is 10.2. The van der Waals surface area contributed by atoms with Gasteiger partial charge in [0, 0.05) is 30.6 Å². The van der Waals surface area contributed by atoms with Gasteiger partial charge in [0.05, 0.1) is 18.9 Å². The summed E-state index contributed by atoms with van der Waals surface area (Å²) in [5.41, 5.74) is 1.07. The Bertz CT molecular complexity index is 417. The van der Waals surface area contributed by atoms with Crippen LogP contribution >= 0.6 is 11.3 Å². The van der Waals surface area contributed by atoms with E-state index in [0.29, 0.717) is 0 Å². The predicted molar refractivity (Wildman–Crippen MR) is 74.8 cm³/mol. The van der Waals surface area contributed by atoms with E-state index in [0.717, 1.165) is 38.4 Å². The molecular formula is C14H18N2OS. The van der Waals surface area contributed by atoms with Gasteiger partial charge >= 0.3 is 0 Å². The van der Waals surface area contributed by atoms with Gasteiger partial charge in [-0.05, 0) is 23.6 Å². The quantitative estimate of drug-likeness (QED) is 0.742. The van der Waals surface area contributed by atoms with Gasteiger partial charge in [-0.3, -0.25) is 4.98 Å². The summed E-state index contributed by atoms with van der Waals surface area (Å²) >= 11 is 1.78. The molecule has 0 aliphatic rings. The van der Waals surface area contributed by atoms with Crippen LogP contribution in [-0.4, -0.2) is 24.7 Å². The third-order valence-electron chi connectivity index (χ3n) is 2.53. The molecule has 0 aliphatic heterocycles. The molecular weight excluding hydrogens is 244 g/mol. The minimum atomic E-state index is 0.748. The summed E-state index contributed by atoms with van der Waals surface area (Å²) in [4.78, 5) is 5.63. The smallest absolute Gasteiger partial charge is 0.0591 e. The summed E-state index contributed by atoms with van der Waals surface area (Å²) in [5.74, 6) is 0. The minimum absolute atomic E-state index is 0.748. The Morgan fingerprint density at radius 3 is 2.94 bits per heavy atom. The lowest BCUT2D eigenvalue weighted by molar-refractivity contribution is 0.139. The number of ether oxygens (including phenoxy) is 1.